The number of carbonyl (C=O) groups excluding carboxylic acids is 1. The van der Waals surface area contributed by atoms with Crippen LogP contribution < -0.4 is 4.90 Å². The van der Waals surface area contributed by atoms with Crippen LogP contribution in [-0.2, 0) is 4.79 Å². The predicted molar refractivity (Wildman–Crippen MR) is 118 cm³/mol. The van der Waals surface area contributed by atoms with E-state index in [0.29, 0.717) is 15.9 Å². The highest BCUT2D eigenvalue weighted by Crippen LogP contribution is 2.40. The quantitative estimate of drug-likeness (QED) is 0.605. The molecule has 0 bridgehead atoms. The van der Waals surface area contributed by atoms with E-state index in [-0.39, 0.29) is 11.7 Å². The first-order chi connectivity index (χ1) is 14.0. The average Bonchev–Trinajstić information content (AvgIpc) is 3.04. The highest BCUT2D eigenvalue weighted by molar-refractivity contribution is 8.19. The molecular weight excluding hydrogens is 382 g/mol. The van der Waals surface area contributed by atoms with E-state index in [1.165, 1.54) is 11.8 Å². The van der Waals surface area contributed by atoms with Crippen LogP contribution in [0.5, 0.6) is 5.75 Å². The summed E-state index contributed by atoms with van der Waals surface area (Å²) in [5.74, 6) is 0.624. The Morgan fingerprint density at radius 3 is 2.41 bits per heavy atom. The second-order valence-electron chi connectivity index (χ2n) is 6.61. The fraction of sp³-hybridized carbons (Fsp3) is 0.0870. The number of anilines is 1. The second-order valence-corrected chi connectivity index (χ2v) is 7.59. The summed E-state index contributed by atoms with van der Waals surface area (Å²) in [4.78, 5) is 24.7. The Morgan fingerprint density at radius 1 is 1.00 bits per heavy atom. The van der Waals surface area contributed by atoms with Crippen LogP contribution >= 0.6 is 11.8 Å². The fourth-order valence-corrected chi connectivity index (χ4v) is 4.07. The molecule has 5 nitrogen and oxygen atoms in total. The number of pyridine rings is 1. The number of aryl methyl sites for hydroxylation is 1. The van der Waals surface area contributed by atoms with Crippen LogP contribution in [0, 0.1) is 6.92 Å². The molecule has 1 fully saturated rings. The van der Waals surface area contributed by atoms with Gasteiger partial charge < -0.3 is 5.11 Å². The Bertz CT molecular complexity index is 1120. The van der Waals surface area contributed by atoms with Crippen molar-refractivity contribution < 1.29 is 9.90 Å². The Balaban J connectivity index is 1.82. The lowest BCUT2D eigenvalue weighted by molar-refractivity contribution is -0.113. The lowest BCUT2D eigenvalue weighted by Gasteiger charge is -2.15. The molecule has 3 aromatic rings. The Morgan fingerprint density at radius 2 is 1.72 bits per heavy atom. The molecule has 1 aromatic heterocycles. The summed E-state index contributed by atoms with van der Waals surface area (Å²) in [5, 5.41) is 10.1. The van der Waals surface area contributed by atoms with E-state index >= 15 is 0 Å². The molecule has 0 spiro atoms. The van der Waals surface area contributed by atoms with Crippen molar-refractivity contribution in [1.82, 2.24) is 4.98 Å². The Hall–Kier alpha value is -3.38. The van der Waals surface area contributed by atoms with Gasteiger partial charge in [-0.05, 0) is 73.1 Å². The number of phenolic OH excluding ortho intramolecular Hbond substituents is 1. The van der Waals surface area contributed by atoms with Crippen LogP contribution in [0.2, 0.25) is 0 Å². The average molecular weight is 401 g/mol. The maximum absolute atomic E-state index is 13.4. The predicted octanol–water partition coefficient (Wildman–Crippen LogP) is 5.29. The van der Waals surface area contributed by atoms with E-state index in [1.54, 1.807) is 29.2 Å². The van der Waals surface area contributed by atoms with Gasteiger partial charge in [0.1, 0.15) is 5.75 Å². The Labute approximate surface area is 173 Å². The van der Waals surface area contributed by atoms with Crippen molar-refractivity contribution in [2.75, 3.05) is 4.90 Å². The topological polar surface area (TPSA) is 65.8 Å². The summed E-state index contributed by atoms with van der Waals surface area (Å²) in [5.41, 5.74) is 3.33. The minimum Gasteiger partial charge on any atom is -0.508 e. The van der Waals surface area contributed by atoms with Gasteiger partial charge in [0.05, 0.1) is 10.6 Å². The highest BCUT2D eigenvalue weighted by Gasteiger charge is 2.36. The molecule has 1 aliphatic rings. The zero-order chi connectivity index (χ0) is 20.4. The third-order valence-electron chi connectivity index (χ3n) is 4.52. The number of aromatic hydroxyl groups is 1. The number of amidine groups is 1. The summed E-state index contributed by atoms with van der Waals surface area (Å²) in [6, 6.07) is 21.9. The van der Waals surface area contributed by atoms with Gasteiger partial charge in [-0.3, -0.25) is 9.69 Å². The van der Waals surface area contributed by atoms with E-state index < -0.39 is 0 Å². The lowest BCUT2D eigenvalue weighted by atomic mass is 10.1. The van der Waals surface area contributed by atoms with Crippen molar-refractivity contribution >= 4 is 39.9 Å². The second kappa shape index (κ2) is 7.93. The molecule has 2 aromatic carbocycles. The first-order valence-electron chi connectivity index (χ1n) is 9.13. The molecule has 0 atom stereocenters. The molecule has 0 aliphatic carbocycles. The van der Waals surface area contributed by atoms with Gasteiger partial charge in [0.25, 0.3) is 5.91 Å². The molecule has 0 saturated carbocycles. The number of thioether (sulfide) groups is 1. The van der Waals surface area contributed by atoms with Crippen molar-refractivity contribution in [1.29, 1.82) is 0 Å². The van der Waals surface area contributed by atoms with Crippen LogP contribution in [0.25, 0.3) is 5.57 Å². The van der Waals surface area contributed by atoms with Crippen LogP contribution in [0.4, 0.5) is 11.5 Å². The third kappa shape index (κ3) is 3.93. The molecule has 1 saturated heterocycles. The largest absolute Gasteiger partial charge is 0.508 e. The van der Waals surface area contributed by atoms with Gasteiger partial charge in [-0.15, -0.1) is 0 Å². The SMILES string of the molecule is C/C(=C1/S/C(=N/c2cccc(C)n2)N(c2ccccc2)C1=O)c1ccc(O)cc1. The van der Waals surface area contributed by atoms with Crippen LogP contribution in [0.15, 0.2) is 82.7 Å². The monoisotopic (exact) mass is 401 g/mol. The minimum absolute atomic E-state index is 0.127. The molecule has 144 valence electrons. The number of nitrogens with zero attached hydrogens (tertiary/aromatic N) is 3. The van der Waals surface area contributed by atoms with Gasteiger partial charge in [0.2, 0.25) is 0 Å². The number of phenols is 1. The molecule has 0 radical (unpaired) electrons. The molecular formula is C23H19N3O2S. The number of hydrogen-bond donors (Lipinski definition) is 1. The number of allylic oxidation sites excluding steroid dienone is 1. The van der Waals surface area contributed by atoms with Crippen molar-refractivity contribution in [3.63, 3.8) is 0 Å². The number of carbonyl (C=O) groups is 1. The normalized spacial score (nSPS) is 17.1. The summed E-state index contributed by atoms with van der Waals surface area (Å²) < 4.78 is 0. The maximum Gasteiger partial charge on any atom is 0.271 e. The first kappa shape index (κ1) is 19.0. The smallest absolute Gasteiger partial charge is 0.271 e. The standard InChI is InChI=1S/C23H19N3O2S/c1-15-7-6-10-20(24-15)25-23-26(18-8-4-3-5-9-18)22(28)21(29-23)16(2)17-11-13-19(27)14-12-17/h3-14,27H,1-2H3/b21-16-,25-23+. The number of aliphatic imine (C=N–C) groups is 1. The van der Waals surface area contributed by atoms with Gasteiger partial charge in [0.15, 0.2) is 11.0 Å². The fourth-order valence-electron chi connectivity index (χ4n) is 3.01. The van der Waals surface area contributed by atoms with E-state index in [1.807, 2.05) is 62.4 Å². The van der Waals surface area contributed by atoms with Crippen LogP contribution in [-0.4, -0.2) is 21.2 Å². The van der Waals surface area contributed by atoms with Crippen LogP contribution in [0.1, 0.15) is 18.2 Å². The molecule has 1 amide bonds. The lowest BCUT2D eigenvalue weighted by Crippen LogP contribution is -2.28. The molecule has 1 aliphatic heterocycles. The van der Waals surface area contributed by atoms with Gasteiger partial charge >= 0.3 is 0 Å². The van der Waals surface area contributed by atoms with Gasteiger partial charge in [0, 0.05) is 5.69 Å². The van der Waals surface area contributed by atoms with Crippen molar-refractivity contribution in [2.45, 2.75) is 13.8 Å². The molecule has 29 heavy (non-hydrogen) atoms. The molecule has 2 heterocycles. The zero-order valence-corrected chi connectivity index (χ0v) is 16.9. The number of hydrogen-bond acceptors (Lipinski definition) is 5. The number of aromatic nitrogens is 1. The molecule has 4 rings (SSSR count). The van der Waals surface area contributed by atoms with E-state index in [2.05, 4.69) is 9.98 Å². The van der Waals surface area contributed by atoms with Crippen molar-refractivity contribution in [3.05, 3.63) is 89.0 Å². The van der Waals surface area contributed by atoms with Gasteiger partial charge in [-0.2, -0.15) is 0 Å². The molecule has 0 unspecified atom stereocenters. The van der Waals surface area contributed by atoms with E-state index in [4.69, 9.17) is 0 Å². The number of para-hydroxylation sites is 1. The Kier molecular flexibility index (Phi) is 5.18. The first-order valence-corrected chi connectivity index (χ1v) is 9.94. The summed E-state index contributed by atoms with van der Waals surface area (Å²) in [7, 11) is 0. The van der Waals surface area contributed by atoms with Crippen LogP contribution in [0.3, 0.4) is 0 Å². The summed E-state index contributed by atoms with van der Waals surface area (Å²) >= 11 is 1.33. The van der Waals surface area contributed by atoms with Gasteiger partial charge in [-0.1, -0.05) is 36.4 Å². The highest BCUT2D eigenvalue weighted by atomic mass is 32.2. The van der Waals surface area contributed by atoms with Crippen molar-refractivity contribution in [2.24, 2.45) is 4.99 Å². The minimum atomic E-state index is -0.127. The maximum atomic E-state index is 13.4. The number of benzene rings is 2. The number of amides is 1. The zero-order valence-electron chi connectivity index (χ0n) is 16.0. The molecule has 6 heteroatoms. The summed E-state index contributed by atoms with van der Waals surface area (Å²) in [6.45, 7) is 3.82. The third-order valence-corrected chi connectivity index (χ3v) is 5.66. The van der Waals surface area contributed by atoms with Crippen molar-refractivity contribution in [3.8, 4) is 5.75 Å². The number of rotatable bonds is 3. The van der Waals surface area contributed by atoms with E-state index in [9.17, 15) is 9.90 Å². The van der Waals surface area contributed by atoms with E-state index in [0.717, 1.165) is 22.5 Å². The molecule has 1 N–H and O–H groups in total. The summed E-state index contributed by atoms with van der Waals surface area (Å²) in [6.07, 6.45) is 0. The van der Waals surface area contributed by atoms with Gasteiger partial charge in [-0.25, -0.2) is 9.98 Å².